The van der Waals surface area contributed by atoms with Crippen LogP contribution in [0.1, 0.15) is 63.8 Å². The topological polar surface area (TPSA) is 72.7 Å². The van der Waals surface area contributed by atoms with E-state index in [9.17, 15) is 4.79 Å². The zero-order valence-corrected chi connectivity index (χ0v) is 16.3. The van der Waals surface area contributed by atoms with Gasteiger partial charge in [-0.1, -0.05) is 43.2 Å². The molecule has 0 bridgehead atoms. The monoisotopic (exact) mass is 379 g/mol. The standard InChI is InChI=1S/C22H29N5O/c28-22(20-14-9-15-7-4-8-19(15)20)23-17-10-12-18(13-11-17)27-25-21(24-26-27)16-5-2-1-3-6-16/h1-3,5-6,15,17-20H,4,7-14H2,(H,23,28)/t15-,17?,18?,19-,20-/m0/s1. The number of fused-ring (bicyclic) bond motifs is 1. The number of nitrogens with one attached hydrogen (secondary N) is 1. The molecule has 1 amide bonds. The molecule has 1 aromatic heterocycles. The lowest BCUT2D eigenvalue weighted by Crippen LogP contribution is -2.42. The summed E-state index contributed by atoms with van der Waals surface area (Å²) in [4.78, 5) is 14.6. The molecule has 28 heavy (non-hydrogen) atoms. The molecule has 0 unspecified atom stereocenters. The summed E-state index contributed by atoms with van der Waals surface area (Å²) in [5.41, 5.74) is 0.997. The Labute approximate surface area is 166 Å². The molecule has 0 spiro atoms. The molecule has 3 atom stereocenters. The fraction of sp³-hybridized carbons (Fsp3) is 0.636. The largest absolute Gasteiger partial charge is 0.353 e. The second-order valence-electron chi connectivity index (χ2n) is 8.85. The lowest BCUT2D eigenvalue weighted by atomic mass is 9.88. The third-order valence-electron chi connectivity index (χ3n) is 7.25. The minimum Gasteiger partial charge on any atom is -0.353 e. The summed E-state index contributed by atoms with van der Waals surface area (Å²) in [6.45, 7) is 0. The third-order valence-corrected chi connectivity index (χ3v) is 7.25. The molecule has 6 heteroatoms. The number of carbonyl (C=O) groups is 1. The highest BCUT2D eigenvalue weighted by Crippen LogP contribution is 2.47. The van der Waals surface area contributed by atoms with E-state index in [-0.39, 0.29) is 12.0 Å². The summed E-state index contributed by atoms with van der Waals surface area (Å²) in [5, 5.41) is 16.5. The molecule has 2 aromatic rings. The lowest BCUT2D eigenvalue weighted by molar-refractivity contribution is -0.127. The van der Waals surface area contributed by atoms with Gasteiger partial charge in [0.1, 0.15) is 0 Å². The van der Waals surface area contributed by atoms with Crippen LogP contribution in [-0.2, 0) is 4.79 Å². The van der Waals surface area contributed by atoms with Crippen molar-refractivity contribution in [1.29, 1.82) is 0 Å². The van der Waals surface area contributed by atoms with Gasteiger partial charge in [0.05, 0.1) is 6.04 Å². The summed E-state index contributed by atoms with van der Waals surface area (Å²) in [5.74, 6) is 2.76. The fourth-order valence-corrected chi connectivity index (χ4v) is 5.73. The quantitative estimate of drug-likeness (QED) is 0.878. The summed E-state index contributed by atoms with van der Waals surface area (Å²) in [7, 11) is 0. The van der Waals surface area contributed by atoms with E-state index in [1.54, 1.807) is 4.80 Å². The molecule has 1 N–H and O–H groups in total. The molecule has 5 rings (SSSR count). The smallest absolute Gasteiger partial charge is 0.223 e. The summed E-state index contributed by atoms with van der Waals surface area (Å²) < 4.78 is 0. The molecule has 0 saturated heterocycles. The van der Waals surface area contributed by atoms with E-state index < -0.39 is 0 Å². The number of benzene rings is 1. The van der Waals surface area contributed by atoms with Crippen molar-refractivity contribution < 1.29 is 4.79 Å². The number of aromatic nitrogens is 4. The van der Waals surface area contributed by atoms with E-state index in [4.69, 9.17) is 0 Å². The van der Waals surface area contributed by atoms with Gasteiger partial charge in [0.2, 0.25) is 11.7 Å². The molecule has 0 aliphatic heterocycles. The predicted octanol–water partition coefficient (Wildman–Crippen LogP) is 3.77. The van der Waals surface area contributed by atoms with E-state index in [0.717, 1.165) is 43.6 Å². The van der Waals surface area contributed by atoms with Crippen LogP contribution in [0, 0.1) is 17.8 Å². The number of hydrogen-bond acceptors (Lipinski definition) is 4. The van der Waals surface area contributed by atoms with Crippen LogP contribution in [0.25, 0.3) is 11.4 Å². The van der Waals surface area contributed by atoms with Gasteiger partial charge in [-0.15, -0.1) is 10.2 Å². The molecule has 3 aliphatic carbocycles. The Morgan fingerprint density at radius 1 is 0.964 bits per heavy atom. The van der Waals surface area contributed by atoms with Gasteiger partial charge >= 0.3 is 0 Å². The summed E-state index contributed by atoms with van der Waals surface area (Å²) in [6.07, 6.45) is 10.3. The zero-order chi connectivity index (χ0) is 18.9. The van der Waals surface area contributed by atoms with Crippen LogP contribution in [0.3, 0.4) is 0 Å². The molecule has 3 aliphatic rings. The number of nitrogens with zero attached hydrogens (tertiary/aromatic N) is 4. The third kappa shape index (κ3) is 3.45. The van der Waals surface area contributed by atoms with Gasteiger partial charge < -0.3 is 5.32 Å². The van der Waals surface area contributed by atoms with Gasteiger partial charge in [0, 0.05) is 17.5 Å². The number of carbonyl (C=O) groups excluding carboxylic acids is 1. The molecule has 3 fully saturated rings. The zero-order valence-electron chi connectivity index (χ0n) is 16.3. The first-order valence-corrected chi connectivity index (χ1v) is 10.9. The Hall–Kier alpha value is -2.24. The van der Waals surface area contributed by atoms with Crippen molar-refractivity contribution in [1.82, 2.24) is 25.5 Å². The number of amides is 1. The molecule has 148 valence electrons. The summed E-state index contributed by atoms with van der Waals surface area (Å²) >= 11 is 0. The van der Waals surface area contributed by atoms with Crippen molar-refractivity contribution in [2.24, 2.45) is 17.8 Å². The van der Waals surface area contributed by atoms with Crippen LogP contribution in [-0.4, -0.2) is 32.2 Å². The van der Waals surface area contributed by atoms with Crippen molar-refractivity contribution in [3.05, 3.63) is 30.3 Å². The Bertz CT molecular complexity index is 811. The highest BCUT2D eigenvalue weighted by Gasteiger charge is 2.42. The van der Waals surface area contributed by atoms with Crippen molar-refractivity contribution in [2.75, 3.05) is 0 Å². The number of tetrazole rings is 1. The highest BCUT2D eigenvalue weighted by molar-refractivity contribution is 5.79. The van der Waals surface area contributed by atoms with Gasteiger partial charge in [0.15, 0.2) is 0 Å². The van der Waals surface area contributed by atoms with Gasteiger partial charge in [-0.05, 0) is 62.0 Å². The minimum atomic E-state index is 0.274. The average Bonchev–Trinajstić information content (AvgIpc) is 3.46. The van der Waals surface area contributed by atoms with Gasteiger partial charge in [0.25, 0.3) is 0 Å². The Morgan fingerprint density at radius 2 is 1.79 bits per heavy atom. The second-order valence-corrected chi connectivity index (χ2v) is 8.85. The molecule has 1 heterocycles. The van der Waals surface area contributed by atoms with E-state index in [1.807, 2.05) is 30.3 Å². The first-order chi connectivity index (χ1) is 13.8. The second kappa shape index (κ2) is 7.64. The highest BCUT2D eigenvalue weighted by atomic mass is 16.2. The van der Waals surface area contributed by atoms with E-state index in [2.05, 4.69) is 20.7 Å². The minimum absolute atomic E-state index is 0.274. The number of hydrogen-bond donors (Lipinski definition) is 1. The lowest BCUT2D eigenvalue weighted by Gasteiger charge is -2.29. The SMILES string of the molecule is O=C(NC1CCC(n2nnc(-c3ccccc3)n2)CC1)[C@H]1CC[C@@H]2CCC[C@@H]21. The molecule has 6 nitrogen and oxygen atoms in total. The Morgan fingerprint density at radius 3 is 2.61 bits per heavy atom. The number of rotatable bonds is 4. The van der Waals surface area contributed by atoms with E-state index >= 15 is 0 Å². The fourth-order valence-electron chi connectivity index (χ4n) is 5.73. The first kappa shape index (κ1) is 17.8. The van der Waals surface area contributed by atoms with Crippen LogP contribution in [0.2, 0.25) is 0 Å². The molecule has 3 saturated carbocycles. The Balaban J connectivity index is 1.15. The predicted molar refractivity (Wildman–Crippen MR) is 106 cm³/mol. The van der Waals surface area contributed by atoms with Crippen LogP contribution < -0.4 is 5.32 Å². The Kier molecular flexibility index (Phi) is 4.87. The van der Waals surface area contributed by atoms with Gasteiger partial charge in [-0.3, -0.25) is 4.79 Å². The van der Waals surface area contributed by atoms with Crippen molar-refractivity contribution >= 4 is 5.91 Å². The van der Waals surface area contributed by atoms with Crippen LogP contribution >= 0.6 is 0 Å². The van der Waals surface area contributed by atoms with Crippen molar-refractivity contribution in [3.8, 4) is 11.4 Å². The van der Waals surface area contributed by atoms with Gasteiger partial charge in [-0.2, -0.15) is 4.80 Å². The molecule has 0 radical (unpaired) electrons. The van der Waals surface area contributed by atoms with Crippen LogP contribution in [0.4, 0.5) is 0 Å². The maximum absolute atomic E-state index is 12.8. The maximum atomic E-state index is 12.8. The normalized spacial score (nSPS) is 32.2. The van der Waals surface area contributed by atoms with Gasteiger partial charge in [-0.25, -0.2) is 0 Å². The molecular formula is C22H29N5O. The van der Waals surface area contributed by atoms with Crippen LogP contribution in [0.15, 0.2) is 30.3 Å². The maximum Gasteiger partial charge on any atom is 0.223 e. The summed E-state index contributed by atoms with van der Waals surface area (Å²) in [6, 6.07) is 10.6. The average molecular weight is 380 g/mol. The van der Waals surface area contributed by atoms with Crippen molar-refractivity contribution in [3.63, 3.8) is 0 Å². The molecular weight excluding hydrogens is 350 g/mol. The van der Waals surface area contributed by atoms with Crippen LogP contribution in [0.5, 0.6) is 0 Å². The molecule has 1 aromatic carbocycles. The van der Waals surface area contributed by atoms with E-state index in [0.29, 0.717) is 23.7 Å². The first-order valence-electron chi connectivity index (χ1n) is 10.9. The van der Waals surface area contributed by atoms with E-state index in [1.165, 1.54) is 25.7 Å². The van der Waals surface area contributed by atoms with Crippen molar-refractivity contribution in [2.45, 2.75) is 69.9 Å².